The molecule has 4 heteroatoms. The Morgan fingerprint density at radius 2 is 2.10 bits per heavy atom. The Bertz CT molecular complexity index is 178. The molecule has 0 aliphatic rings. The Hall–Kier alpha value is -0.770. The highest BCUT2D eigenvalue weighted by Gasteiger charge is 1.87. The van der Waals surface area contributed by atoms with Gasteiger partial charge in [0.15, 0.2) is 0 Å². The fourth-order valence-corrected chi connectivity index (χ4v) is 0.670. The van der Waals surface area contributed by atoms with Gasteiger partial charge in [0.1, 0.15) is 0 Å². The SMILES string of the molecule is SCCNc1ncccn1. The van der Waals surface area contributed by atoms with Crippen molar-refractivity contribution in [1.29, 1.82) is 0 Å². The van der Waals surface area contributed by atoms with Crippen LogP contribution in [0, 0.1) is 0 Å². The second-order valence-corrected chi connectivity index (χ2v) is 2.17. The summed E-state index contributed by atoms with van der Waals surface area (Å²) in [6.45, 7) is 0.799. The number of aromatic nitrogens is 2. The van der Waals surface area contributed by atoms with E-state index in [0.717, 1.165) is 12.3 Å². The van der Waals surface area contributed by atoms with Crippen molar-refractivity contribution in [3.63, 3.8) is 0 Å². The Morgan fingerprint density at radius 1 is 1.40 bits per heavy atom. The quantitative estimate of drug-likeness (QED) is 0.635. The predicted octanol–water partition coefficient (Wildman–Crippen LogP) is 0.818. The summed E-state index contributed by atoms with van der Waals surface area (Å²) < 4.78 is 0. The molecule has 54 valence electrons. The van der Waals surface area contributed by atoms with Crippen LogP contribution in [0.15, 0.2) is 18.5 Å². The average molecular weight is 155 g/mol. The molecule has 10 heavy (non-hydrogen) atoms. The van der Waals surface area contributed by atoms with Crippen molar-refractivity contribution in [3.8, 4) is 0 Å². The molecule has 0 aromatic carbocycles. The monoisotopic (exact) mass is 155 g/mol. The summed E-state index contributed by atoms with van der Waals surface area (Å²) in [7, 11) is 0. The molecule has 0 unspecified atom stereocenters. The fourth-order valence-electron chi connectivity index (χ4n) is 0.558. The minimum atomic E-state index is 0.663. The molecule has 0 saturated carbocycles. The number of hydrogen-bond acceptors (Lipinski definition) is 4. The average Bonchev–Trinajstić information content (AvgIpc) is 2.03. The first-order valence-corrected chi connectivity index (χ1v) is 3.68. The Kier molecular flexibility index (Phi) is 3.02. The van der Waals surface area contributed by atoms with Crippen molar-refractivity contribution in [3.05, 3.63) is 18.5 Å². The summed E-state index contributed by atoms with van der Waals surface area (Å²) in [4.78, 5) is 7.92. The van der Waals surface area contributed by atoms with Crippen molar-refractivity contribution in [2.75, 3.05) is 17.6 Å². The van der Waals surface area contributed by atoms with E-state index in [1.807, 2.05) is 0 Å². The van der Waals surface area contributed by atoms with Crippen LogP contribution >= 0.6 is 12.6 Å². The molecular weight excluding hydrogens is 146 g/mol. The molecule has 1 aromatic rings. The minimum Gasteiger partial charge on any atom is -0.353 e. The highest BCUT2D eigenvalue weighted by Crippen LogP contribution is 1.91. The first-order chi connectivity index (χ1) is 4.93. The van der Waals surface area contributed by atoms with Gasteiger partial charge in [-0.25, -0.2) is 9.97 Å². The smallest absolute Gasteiger partial charge is 0.222 e. The number of rotatable bonds is 3. The molecule has 0 fully saturated rings. The number of hydrogen-bond donors (Lipinski definition) is 2. The van der Waals surface area contributed by atoms with Crippen LogP contribution in [-0.4, -0.2) is 22.3 Å². The van der Waals surface area contributed by atoms with Crippen LogP contribution in [0.1, 0.15) is 0 Å². The van der Waals surface area contributed by atoms with E-state index in [2.05, 4.69) is 27.9 Å². The predicted molar refractivity (Wildman–Crippen MR) is 44.4 cm³/mol. The Labute approximate surface area is 65.3 Å². The lowest BCUT2D eigenvalue weighted by molar-refractivity contribution is 1.09. The van der Waals surface area contributed by atoms with Gasteiger partial charge in [0.05, 0.1) is 0 Å². The zero-order chi connectivity index (χ0) is 7.23. The van der Waals surface area contributed by atoms with Crippen LogP contribution in [0.4, 0.5) is 5.95 Å². The maximum absolute atomic E-state index is 4.03. The summed E-state index contributed by atoms with van der Waals surface area (Å²) in [6, 6.07) is 1.78. The summed E-state index contributed by atoms with van der Waals surface area (Å²) in [5, 5.41) is 3.00. The molecule has 0 bridgehead atoms. The van der Waals surface area contributed by atoms with E-state index in [0.29, 0.717) is 5.95 Å². The maximum atomic E-state index is 4.03. The van der Waals surface area contributed by atoms with Crippen LogP contribution in [0.5, 0.6) is 0 Å². The second-order valence-electron chi connectivity index (χ2n) is 1.72. The molecule has 3 nitrogen and oxygen atoms in total. The lowest BCUT2D eigenvalue weighted by Crippen LogP contribution is -2.05. The standard InChI is InChI=1S/C6H9N3S/c10-5-4-9-6-7-2-1-3-8-6/h1-3,10H,4-5H2,(H,7,8,9). The van der Waals surface area contributed by atoms with Crippen molar-refractivity contribution in [2.45, 2.75) is 0 Å². The van der Waals surface area contributed by atoms with E-state index in [1.165, 1.54) is 0 Å². The van der Waals surface area contributed by atoms with Gasteiger partial charge >= 0.3 is 0 Å². The molecule has 1 heterocycles. The van der Waals surface area contributed by atoms with Crippen molar-refractivity contribution in [1.82, 2.24) is 9.97 Å². The zero-order valence-electron chi connectivity index (χ0n) is 5.49. The van der Waals surface area contributed by atoms with Gasteiger partial charge in [0, 0.05) is 24.7 Å². The van der Waals surface area contributed by atoms with Crippen molar-refractivity contribution < 1.29 is 0 Å². The minimum absolute atomic E-state index is 0.663. The maximum Gasteiger partial charge on any atom is 0.222 e. The third-order valence-corrected chi connectivity index (χ3v) is 1.18. The summed E-state index contributed by atoms with van der Waals surface area (Å²) in [6.07, 6.45) is 3.40. The van der Waals surface area contributed by atoms with Gasteiger partial charge in [-0.3, -0.25) is 0 Å². The van der Waals surface area contributed by atoms with Crippen LogP contribution in [0.3, 0.4) is 0 Å². The fraction of sp³-hybridized carbons (Fsp3) is 0.333. The largest absolute Gasteiger partial charge is 0.353 e. The van der Waals surface area contributed by atoms with Gasteiger partial charge in [-0.1, -0.05) is 0 Å². The van der Waals surface area contributed by atoms with Gasteiger partial charge in [0.2, 0.25) is 5.95 Å². The summed E-state index contributed by atoms with van der Waals surface area (Å²) in [5.74, 6) is 1.45. The number of anilines is 1. The van der Waals surface area contributed by atoms with Crippen LogP contribution < -0.4 is 5.32 Å². The van der Waals surface area contributed by atoms with Crippen LogP contribution in [0.2, 0.25) is 0 Å². The lowest BCUT2D eigenvalue weighted by atomic mass is 10.6. The van der Waals surface area contributed by atoms with Gasteiger partial charge in [-0.05, 0) is 6.07 Å². The summed E-state index contributed by atoms with van der Waals surface area (Å²) >= 11 is 4.03. The Morgan fingerprint density at radius 3 is 2.70 bits per heavy atom. The van der Waals surface area contributed by atoms with Gasteiger partial charge in [0.25, 0.3) is 0 Å². The molecule has 0 aliphatic carbocycles. The topological polar surface area (TPSA) is 37.8 Å². The highest BCUT2D eigenvalue weighted by molar-refractivity contribution is 7.80. The van der Waals surface area contributed by atoms with Gasteiger partial charge < -0.3 is 5.32 Å². The van der Waals surface area contributed by atoms with E-state index in [1.54, 1.807) is 18.5 Å². The van der Waals surface area contributed by atoms with Gasteiger partial charge in [-0.2, -0.15) is 12.6 Å². The van der Waals surface area contributed by atoms with Gasteiger partial charge in [-0.15, -0.1) is 0 Å². The van der Waals surface area contributed by atoms with Crippen LogP contribution in [-0.2, 0) is 0 Å². The molecule has 0 amide bonds. The first kappa shape index (κ1) is 7.34. The normalized spacial score (nSPS) is 9.30. The molecule has 0 spiro atoms. The van der Waals surface area contributed by atoms with E-state index in [4.69, 9.17) is 0 Å². The molecule has 1 N–H and O–H groups in total. The molecular formula is C6H9N3S. The van der Waals surface area contributed by atoms with Crippen LogP contribution in [0.25, 0.3) is 0 Å². The van der Waals surface area contributed by atoms with Crippen molar-refractivity contribution in [2.24, 2.45) is 0 Å². The molecule has 0 aliphatic heterocycles. The highest BCUT2D eigenvalue weighted by atomic mass is 32.1. The van der Waals surface area contributed by atoms with E-state index < -0.39 is 0 Å². The van der Waals surface area contributed by atoms with E-state index in [-0.39, 0.29) is 0 Å². The van der Waals surface area contributed by atoms with E-state index >= 15 is 0 Å². The molecule has 0 radical (unpaired) electrons. The molecule has 1 rings (SSSR count). The molecule has 0 saturated heterocycles. The van der Waals surface area contributed by atoms with E-state index in [9.17, 15) is 0 Å². The third kappa shape index (κ3) is 2.23. The molecule has 1 aromatic heterocycles. The third-order valence-electron chi connectivity index (χ3n) is 0.961. The summed E-state index contributed by atoms with van der Waals surface area (Å²) in [5.41, 5.74) is 0. The lowest BCUT2D eigenvalue weighted by Gasteiger charge is -1.98. The second kappa shape index (κ2) is 4.11. The molecule has 0 atom stereocenters. The Balaban J connectivity index is 2.43. The number of thiol groups is 1. The zero-order valence-corrected chi connectivity index (χ0v) is 6.38. The number of nitrogens with one attached hydrogen (secondary N) is 1. The van der Waals surface area contributed by atoms with Crippen molar-refractivity contribution >= 4 is 18.6 Å². The first-order valence-electron chi connectivity index (χ1n) is 3.05. The number of nitrogens with zero attached hydrogens (tertiary/aromatic N) is 2.